The fourth-order valence-electron chi connectivity index (χ4n) is 4.22. The van der Waals surface area contributed by atoms with Crippen LogP contribution in [0.3, 0.4) is 0 Å². The molecule has 5 nitrogen and oxygen atoms in total. The molecule has 1 fully saturated rings. The highest BCUT2D eigenvalue weighted by molar-refractivity contribution is 5.94. The molecule has 2 aromatic rings. The zero-order valence-corrected chi connectivity index (χ0v) is 18.3. The molecule has 1 saturated heterocycles. The minimum atomic E-state index is -0.0477. The van der Waals surface area contributed by atoms with Gasteiger partial charge in [-0.25, -0.2) is 0 Å². The van der Waals surface area contributed by atoms with Crippen LogP contribution in [0.4, 0.5) is 0 Å². The molecule has 1 aliphatic rings. The van der Waals surface area contributed by atoms with Crippen molar-refractivity contribution in [3.63, 3.8) is 0 Å². The van der Waals surface area contributed by atoms with Gasteiger partial charge in [-0.15, -0.1) is 0 Å². The van der Waals surface area contributed by atoms with Gasteiger partial charge >= 0.3 is 0 Å². The van der Waals surface area contributed by atoms with Crippen LogP contribution in [0, 0.1) is 25.7 Å². The number of likely N-dealkylation sites (tertiary alicyclic amines) is 1. The molecule has 1 aromatic heterocycles. The Labute approximate surface area is 174 Å². The molecule has 1 unspecified atom stereocenters. The van der Waals surface area contributed by atoms with Crippen molar-refractivity contribution in [2.75, 3.05) is 33.3 Å². The Balaban J connectivity index is 1.58. The van der Waals surface area contributed by atoms with Gasteiger partial charge in [0.25, 0.3) is 5.91 Å². The first-order valence-electron chi connectivity index (χ1n) is 10.5. The predicted molar refractivity (Wildman–Crippen MR) is 117 cm³/mol. The van der Waals surface area contributed by atoms with Crippen molar-refractivity contribution in [3.05, 3.63) is 47.2 Å². The number of aryl methyl sites for hydroxylation is 2. The molecule has 0 saturated carbocycles. The lowest BCUT2D eigenvalue weighted by Gasteiger charge is -2.18. The molecule has 0 spiro atoms. The van der Waals surface area contributed by atoms with Gasteiger partial charge in [-0.3, -0.25) is 9.78 Å². The Hall–Kier alpha value is -2.40. The molecule has 2 heterocycles. The van der Waals surface area contributed by atoms with Gasteiger partial charge in [0.05, 0.1) is 18.4 Å². The quantitative estimate of drug-likeness (QED) is 0.767. The third-order valence-corrected chi connectivity index (χ3v) is 5.53. The molecular weight excluding hydrogens is 362 g/mol. The molecule has 29 heavy (non-hydrogen) atoms. The van der Waals surface area contributed by atoms with Crippen LogP contribution in [0.5, 0.6) is 5.75 Å². The third-order valence-electron chi connectivity index (χ3n) is 5.53. The molecule has 1 N–H and O–H groups in total. The fraction of sp³-hybridized carbons (Fsp3) is 0.500. The van der Waals surface area contributed by atoms with E-state index in [2.05, 4.69) is 41.2 Å². The Morgan fingerprint density at radius 1 is 1.28 bits per heavy atom. The Morgan fingerprint density at radius 2 is 2.00 bits per heavy atom. The van der Waals surface area contributed by atoms with Crippen LogP contribution >= 0.6 is 0 Å². The number of amides is 1. The van der Waals surface area contributed by atoms with Gasteiger partial charge in [-0.2, -0.15) is 0 Å². The lowest BCUT2D eigenvalue weighted by atomic mass is 10.0. The SMILES string of the molecule is COc1c(C)cc(-c2ccc(C(=O)NCC3CCN(CC(C)C)C3)cn2)cc1C. The topological polar surface area (TPSA) is 54.5 Å². The first-order valence-corrected chi connectivity index (χ1v) is 10.5. The normalized spacial score (nSPS) is 17.0. The monoisotopic (exact) mass is 395 g/mol. The third kappa shape index (κ3) is 5.36. The van der Waals surface area contributed by atoms with Crippen molar-refractivity contribution in [1.82, 2.24) is 15.2 Å². The molecule has 0 aliphatic carbocycles. The van der Waals surface area contributed by atoms with E-state index in [4.69, 9.17) is 4.74 Å². The lowest BCUT2D eigenvalue weighted by molar-refractivity contribution is 0.0947. The molecule has 5 heteroatoms. The number of rotatable bonds is 7. The zero-order chi connectivity index (χ0) is 21.0. The smallest absolute Gasteiger partial charge is 0.252 e. The van der Waals surface area contributed by atoms with Gasteiger partial charge in [-0.05, 0) is 74.0 Å². The number of methoxy groups -OCH3 is 1. The van der Waals surface area contributed by atoms with Crippen molar-refractivity contribution >= 4 is 5.91 Å². The average molecular weight is 396 g/mol. The van der Waals surface area contributed by atoms with Gasteiger partial charge in [0.1, 0.15) is 5.75 Å². The maximum atomic E-state index is 12.5. The van der Waals surface area contributed by atoms with E-state index < -0.39 is 0 Å². The van der Waals surface area contributed by atoms with Crippen LogP contribution in [0.2, 0.25) is 0 Å². The second-order valence-corrected chi connectivity index (χ2v) is 8.59. The summed E-state index contributed by atoms with van der Waals surface area (Å²) in [5, 5.41) is 3.09. The van der Waals surface area contributed by atoms with E-state index in [0.717, 1.165) is 60.7 Å². The van der Waals surface area contributed by atoms with Gasteiger partial charge in [0, 0.05) is 31.4 Å². The van der Waals surface area contributed by atoms with Gasteiger partial charge in [-0.1, -0.05) is 13.8 Å². The van der Waals surface area contributed by atoms with Crippen LogP contribution in [-0.4, -0.2) is 49.1 Å². The van der Waals surface area contributed by atoms with E-state index in [1.54, 1.807) is 13.3 Å². The number of hydrogen-bond donors (Lipinski definition) is 1. The fourth-order valence-corrected chi connectivity index (χ4v) is 4.22. The molecule has 0 radical (unpaired) electrons. The number of carbonyl (C=O) groups is 1. The van der Waals surface area contributed by atoms with Crippen LogP contribution < -0.4 is 10.1 Å². The molecule has 3 rings (SSSR count). The Bertz CT molecular complexity index is 823. The van der Waals surface area contributed by atoms with Crippen molar-refractivity contribution in [3.8, 4) is 17.0 Å². The Kier molecular flexibility index (Phi) is 6.91. The van der Waals surface area contributed by atoms with Gasteiger partial charge in [0.2, 0.25) is 0 Å². The van der Waals surface area contributed by atoms with Crippen molar-refractivity contribution < 1.29 is 9.53 Å². The number of hydrogen-bond acceptors (Lipinski definition) is 4. The van der Waals surface area contributed by atoms with Crippen LogP contribution in [0.25, 0.3) is 11.3 Å². The minimum absolute atomic E-state index is 0.0477. The largest absolute Gasteiger partial charge is 0.496 e. The van der Waals surface area contributed by atoms with Crippen molar-refractivity contribution in [2.45, 2.75) is 34.1 Å². The van der Waals surface area contributed by atoms with E-state index in [1.807, 2.05) is 26.0 Å². The maximum absolute atomic E-state index is 12.5. The summed E-state index contributed by atoms with van der Waals surface area (Å²) in [5.41, 5.74) is 4.65. The summed E-state index contributed by atoms with van der Waals surface area (Å²) in [6.45, 7) is 12.6. The molecule has 1 amide bonds. The second kappa shape index (κ2) is 9.40. The number of carbonyl (C=O) groups excluding carboxylic acids is 1. The van der Waals surface area contributed by atoms with Gasteiger partial charge in [0.15, 0.2) is 0 Å². The van der Waals surface area contributed by atoms with E-state index in [-0.39, 0.29) is 5.91 Å². The Morgan fingerprint density at radius 3 is 2.59 bits per heavy atom. The lowest BCUT2D eigenvalue weighted by Crippen LogP contribution is -2.31. The summed E-state index contributed by atoms with van der Waals surface area (Å²) in [6, 6.07) is 7.90. The molecule has 156 valence electrons. The second-order valence-electron chi connectivity index (χ2n) is 8.59. The zero-order valence-electron chi connectivity index (χ0n) is 18.3. The number of aromatic nitrogens is 1. The summed E-state index contributed by atoms with van der Waals surface area (Å²) in [7, 11) is 1.69. The first-order chi connectivity index (χ1) is 13.9. The summed E-state index contributed by atoms with van der Waals surface area (Å²) in [5.74, 6) is 2.08. The highest BCUT2D eigenvalue weighted by Gasteiger charge is 2.23. The van der Waals surface area contributed by atoms with E-state index in [9.17, 15) is 4.79 Å². The molecule has 1 aromatic carbocycles. The van der Waals surface area contributed by atoms with Crippen LogP contribution in [-0.2, 0) is 0 Å². The van der Waals surface area contributed by atoms with E-state index in [0.29, 0.717) is 17.4 Å². The number of nitrogens with one attached hydrogen (secondary N) is 1. The molecule has 1 aliphatic heterocycles. The minimum Gasteiger partial charge on any atom is -0.496 e. The van der Waals surface area contributed by atoms with Gasteiger partial charge < -0.3 is 15.0 Å². The maximum Gasteiger partial charge on any atom is 0.252 e. The molecular formula is C24H33N3O2. The molecule has 1 atom stereocenters. The predicted octanol–water partition coefficient (Wildman–Crippen LogP) is 4.08. The van der Waals surface area contributed by atoms with E-state index >= 15 is 0 Å². The van der Waals surface area contributed by atoms with Crippen molar-refractivity contribution in [1.29, 1.82) is 0 Å². The standard InChI is InChI=1S/C24H33N3O2/c1-16(2)14-27-9-8-19(15-27)12-26-24(28)20-6-7-22(25-13-20)21-10-17(3)23(29-5)18(4)11-21/h6-7,10-11,13,16,19H,8-9,12,14-15H2,1-5H3,(H,26,28). The number of nitrogens with zero attached hydrogens (tertiary/aromatic N) is 2. The van der Waals surface area contributed by atoms with Crippen LogP contribution in [0.1, 0.15) is 41.8 Å². The van der Waals surface area contributed by atoms with E-state index in [1.165, 1.54) is 0 Å². The highest BCUT2D eigenvalue weighted by atomic mass is 16.5. The summed E-state index contributed by atoms with van der Waals surface area (Å²) < 4.78 is 5.44. The summed E-state index contributed by atoms with van der Waals surface area (Å²) >= 11 is 0. The first kappa shape index (κ1) is 21.3. The number of pyridine rings is 1. The average Bonchev–Trinajstić information content (AvgIpc) is 3.12. The van der Waals surface area contributed by atoms with Crippen LogP contribution in [0.15, 0.2) is 30.5 Å². The number of benzene rings is 1. The highest BCUT2D eigenvalue weighted by Crippen LogP contribution is 2.29. The molecule has 0 bridgehead atoms. The number of ether oxygens (including phenoxy) is 1. The summed E-state index contributed by atoms with van der Waals surface area (Å²) in [4.78, 5) is 19.5. The van der Waals surface area contributed by atoms with Crippen molar-refractivity contribution in [2.24, 2.45) is 11.8 Å². The summed E-state index contributed by atoms with van der Waals surface area (Å²) in [6.07, 6.45) is 2.82.